The molecule has 8 unspecified atom stereocenters. The number of nitrogens with one attached hydrogen (secondary N) is 1. The lowest BCUT2D eigenvalue weighted by atomic mass is 9.85. The Hall–Kier alpha value is -1.48. The Kier molecular flexibility index (Phi) is 28.7. The molecule has 1 fully saturated rings. The zero-order valence-electron chi connectivity index (χ0n) is 32.9. The van der Waals surface area contributed by atoms with E-state index in [-0.39, 0.29) is 6.42 Å². The molecule has 0 aromatic carbocycles. The Morgan fingerprint density at radius 3 is 1.67 bits per heavy atom. The first kappa shape index (κ1) is 50.5. The molecule has 316 valence electrons. The van der Waals surface area contributed by atoms with Gasteiger partial charge in [-0.3, -0.25) is 13.8 Å². The molecule has 9 N–H and O–H groups in total. The average molecular weight is 792 g/mol. The second-order valence-electron chi connectivity index (χ2n) is 14.7. The molecule has 1 rings (SSSR count). The first-order valence-corrected chi connectivity index (χ1v) is 22.0. The Labute approximate surface area is 324 Å². The molecule has 0 aromatic rings. The van der Waals surface area contributed by atoms with Crippen molar-refractivity contribution in [1.82, 2.24) is 5.32 Å². The summed E-state index contributed by atoms with van der Waals surface area (Å²) in [4.78, 5) is 23.3. The lowest BCUT2D eigenvalue weighted by molar-refractivity contribution is -0.220. The number of aliphatic hydroxyl groups is 7. The van der Waals surface area contributed by atoms with Gasteiger partial charge >= 0.3 is 7.82 Å². The van der Waals surface area contributed by atoms with E-state index in [0.717, 1.165) is 51.4 Å². The molecule has 0 saturated heterocycles. The topological polar surface area (TPSA) is 226 Å². The molecule has 0 aromatic heterocycles. The van der Waals surface area contributed by atoms with Crippen LogP contribution in [-0.2, 0) is 18.4 Å². The quantitative estimate of drug-likeness (QED) is 0.0237. The molecule has 1 aliphatic rings. The molecule has 1 saturated carbocycles. The highest BCUT2D eigenvalue weighted by Crippen LogP contribution is 2.47. The molecule has 0 spiro atoms. The largest absolute Gasteiger partial charge is 0.472 e. The van der Waals surface area contributed by atoms with E-state index in [1.165, 1.54) is 70.3 Å². The Morgan fingerprint density at radius 1 is 0.648 bits per heavy atom. The molecule has 1 aliphatic carbocycles. The standard InChI is InChI=1S/C40H74NO12P/c1-3-5-7-9-11-13-15-16-17-18-20-22-24-26-28-33(43)32(30-52-54(50,51)53-40-38(48)36(46)35(45)37(47)39(40)49)41-34(44)29-31(42)27-25-23-21-19-14-12-10-8-6-4-2/h12,14,18,20,26,28,31-33,35-40,42-43,45-49H,3-11,13,15-17,19,21-25,27,29-30H2,1-2H3,(H,41,44)(H,50,51)/b14-12-,20-18+,28-26+. The molecule has 0 aliphatic heterocycles. The van der Waals surface area contributed by atoms with Crippen molar-refractivity contribution in [3.8, 4) is 0 Å². The highest BCUT2D eigenvalue weighted by molar-refractivity contribution is 7.47. The smallest absolute Gasteiger partial charge is 0.393 e. The van der Waals surface area contributed by atoms with E-state index in [1.54, 1.807) is 6.08 Å². The van der Waals surface area contributed by atoms with Gasteiger partial charge in [0.2, 0.25) is 5.91 Å². The summed E-state index contributed by atoms with van der Waals surface area (Å²) in [7, 11) is -5.14. The Morgan fingerprint density at radius 2 is 1.09 bits per heavy atom. The van der Waals surface area contributed by atoms with Gasteiger partial charge in [-0.15, -0.1) is 0 Å². The maximum Gasteiger partial charge on any atom is 0.472 e. The molecule has 0 radical (unpaired) electrons. The number of aliphatic hydroxyl groups excluding tert-OH is 7. The second-order valence-corrected chi connectivity index (χ2v) is 16.1. The summed E-state index contributed by atoms with van der Waals surface area (Å²) >= 11 is 0. The normalized spacial score (nSPS) is 25.0. The van der Waals surface area contributed by atoms with Gasteiger partial charge < -0.3 is 46.0 Å². The van der Waals surface area contributed by atoms with Crippen LogP contribution in [0.15, 0.2) is 36.5 Å². The molecule has 54 heavy (non-hydrogen) atoms. The third-order valence-electron chi connectivity index (χ3n) is 9.70. The molecule has 14 heteroatoms. The van der Waals surface area contributed by atoms with Crippen molar-refractivity contribution in [2.24, 2.45) is 0 Å². The van der Waals surface area contributed by atoms with Crippen molar-refractivity contribution in [3.63, 3.8) is 0 Å². The molecular formula is C40H74NO12P. The zero-order chi connectivity index (χ0) is 40.2. The van der Waals surface area contributed by atoms with E-state index in [1.807, 2.05) is 0 Å². The number of hydrogen-bond donors (Lipinski definition) is 9. The van der Waals surface area contributed by atoms with Gasteiger partial charge in [0.25, 0.3) is 0 Å². The van der Waals surface area contributed by atoms with Gasteiger partial charge in [-0.05, 0) is 57.8 Å². The molecule has 13 nitrogen and oxygen atoms in total. The maximum atomic E-state index is 12.9. The minimum Gasteiger partial charge on any atom is -0.393 e. The van der Waals surface area contributed by atoms with E-state index in [4.69, 9.17) is 9.05 Å². The third-order valence-corrected chi connectivity index (χ3v) is 10.7. The van der Waals surface area contributed by atoms with Crippen molar-refractivity contribution in [3.05, 3.63) is 36.5 Å². The fourth-order valence-corrected chi connectivity index (χ4v) is 7.22. The van der Waals surface area contributed by atoms with Crippen LogP contribution in [0.25, 0.3) is 0 Å². The summed E-state index contributed by atoms with van der Waals surface area (Å²) in [5.74, 6) is -0.616. The molecule has 1 amide bonds. The van der Waals surface area contributed by atoms with Gasteiger partial charge in [0, 0.05) is 0 Å². The number of allylic oxidation sites excluding steroid dienone is 5. The minimum atomic E-state index is -5.14. The number of phosphoric acid groups is 1. The fourth-order valence-electron chi connectivity index (χ4n) is 6.25. The van der Waals surface area contributed by atoms with Crippen molar-refractivity contribution in [2.45, 2.75) is 204 Å². The lowest BCUT2D eigenvalue weighted by Gasteiger charge is -2.41. The van der Waals surface area contributed by atoms with Gasteiger partial charge in [-0.2, -0.15) is 0 Å². The summed E-state index contributed by atoms with van der Waals surface area (Å²) in [5.41, 5.74) is 0. The number of hydrogen-bond acceptors (Lipinski definition) is 11. The van der Waals surface area contributed by atoms with Crippen LogP contribution < -0.4 is 5.32 Å². The van der Waals surface area contributed by atoms with Crippen LogP contribution in [0.2, 0.25) is 0 Å². The van der Waals surface area contributed by atoms with Gasteiger partial charge in [-0.1, -0.05) is 121 Å². The van der Waals surface area contributed by atoms with Gasteiger partial charge in [0.1, 0.15) is 36.6 Å². The molecule has 8 atom stereocenters. The van der Waals surface area contributed by atoms with E-state index in [2.05, 4.69) is 43.5 Å². The highest BCUT2D eigenvalue weighted by atomic mass is 31.2. The Bertz CT molecular complexity index is 1080. The monoisotopic (exact) mass is 791 g/mol. The highest BCUT2D eigenvalue weighted by Gasteiger charge is 2.51. The second kappa shape index (κ2) is 30.6. The summed E-state index contributed by atoms with van der Waals surface area (Å²) in [5, 5.41) is 74.0. The van der Waals surface area contributed by atoms with Crippen LogP contribution in [0.3, 0.4) is 0 Å². The van der Waals surface area contributed by atoms with Crippen molar-refractivity contribution >= 4 is 13.7 Å². The predicted octanol–water partition coefficient (Wildman–Crippen LogP) is 5.41. The van der Waals surface area contributed by atoms with Gasteiger partial charge in [0.05, 0.1) is 31.3 Å². The third kappa shape index (κ3) is 22.9. The van der Waals surface area contributed by atoms with E-state index in [9.17, 15) is 50.0 Å². The summed E-state index contributed by atoms with van der Waals surface area (Å²) in [6.07, 6.45) is 18.3. The van der Waals surface area contributed by atoms with Crippen LogP contribution in [0, 0.1) is 0 Å². The van der Waals surface area contributed by atoms with Gasteiger partial charge in [0.15, 0.2) is 0 Å². The minimum absolute atomic E-state index is 0.264. The molecule has 0 heterocycles. The van der Waals surface area contributed by atoms with Gasteiger partial charge in [-0.25, -0.2) is 4.57 Å². The zero-order valence-corrected chi connectivity index (χ0v) is 33.8. The van der Waals surface area contributed by atoms with Crippen LogP contribution >= 0.6 is 7.82 Å². The number of phosphoric ester groups is 1. The van der Waals surface area contributed by atoms with Crippen LogP contribution in [0.1, 0.15) is 149 Å². The summed E-state index contributed by atoms with van der Waals surface area (Å²) < 4.78 is 22.7. The number of unbranched alkanes of at least 4 members (excludes halogenated alkanes) is 15. The number of amides is 1. The van der Waals surface area contributed by atoms with Crippen LogP contribution in [0.5, 0.6) is 0 Å². The van der Waals surface area contributed by atoms with E-state index in [0.29, 0.717) is 12.8 Å². The predicted molar refractivity (Wildman–Crippen MR) is 210 cm³/mol. The Balaban J connectivity index is 2.68. The van der Waals surface area contributed by atoms with E-state index >= 15 is 0 Å². The first-order chi connectivity index (χ1) is 25.8. The SMILES string of the molecule is CCCCC/C=C\CCCCCC(O)CC(=O)NC(COP(=O)(O)OC1C(O)C(O)C(O)C(O)C1O)C(O)/C=C/CC/C=C/CCCCCCCCCC. The summed E-state index contributed by atoms with van der Waals surface area (Å²) in [6.45, 7) is 3.64. The molecular weight excluding hydrogens is 717 g/mol. The first-order valence-electron chi connectivity index (χ1n) is 20.5. The van der Waals surface area contributed by atoms with Crippen molar-refractivity contribution < 1.29 is 59.0 Å². The number of carbonyl (C=O) groups excluding carboxylic acids is 1. The van der Waals surface area contributed by atoms with Crippen molar-refractivity contribution in [2.75, 3.05) is 6.61 Å². The van der Waals surface area contributed by atoms with E-state index < -0.39 is 75.2 Å². The molecule has 0 bridgehead atoms. The average Bonchev–Trinajstić information content (AvgIpc) is 3.14. The number of rotatable bonds is 32. The number of carbonyl (C=O) groups is 1. The summed E-state index contributed by atoms with van der Waals surface area (Å²) in [6, 6.07) is -1.26. The lowest BCUT2D eigenvalue weighted by Crippen LogP contribution is -2.64. The van der Waals surface area contributed by atoms with Crippen molar-refractivity contribution in [1.29, 1.82) is 0 Å². The maximum absolute atomic E-state index is 12.9. The van der Waals surface area contributed by atoms with Crippen LogP contribution in [-0.4, -0.2) is 108 Å². The van der Waals surface area contributed by atoms with Crippen LogP contribution in [0.4, 0.5) is 0 Å². The fraction of sp³-hybridized carbons (Fsp3) is 0.825.